The van der Waals surface area contributed by atoms with Gasteiger partial charge in [0, 0.05) is 18.3 Å². The van der Waals surface area contributed by atoms with E-state index in [4.69, 9.17) is 13.9 Å². The van der Waals surface area contributed by atoms with Gasteiger partial charge in [-0.25, -0.2) is 0 Å². The largest absolute Gasteiger partial charge is 0.467 e. The Morgan fingerprint density at radius 1 is 1.17 bits per heavy atom. The van der Waals surface area contributed by atoms with Crippen LogP contribution in [0.2, 0.25) is 0 Å². The Kier molecular flexibility index (Phi) is 4.66. The Morgan fingerprint density at radius 2 is 2.00 bits per heavy atom. The number of benzene rings is 1. The molecule has 126 valence electrons. The number of hydrogen-bond acceptors (Lipinski definition) is 6. The number of ether oxygens (including phenoxy) is 2. The molecule has 2 heterocycles. The third-order valence-corrected chi connectivity index (χ3v) is 3.41. The third-order valence-electron chi connectivity index (χ3n) is 3.41. The lowest BCUT2D eigenvalue weighted by atomic mass is 10.2. The number of amides is 2. The highest BCUT2D eigenvalue weighted by Crippen LogP contribution is 2.34. The van der Waals surface area contributed by atoms with Crippen molar-refractivity contribution in [1.82, 2.24) is 5.32 Å². The maximum absolute atomic E-state index is 11.8. The van der Waals surface area contributed by atoms with Crippen LogP contribution >= 0.6 is 0 Å². The van der Waals surface area contributed by atoms with E-state index in [9.17, 15) is 14.7 Å². The molecular weight excluding hydrogens is 316 g/mol. The van der Waals surface area contributed by atoms with Gasteiger partial charge in [0.25, 0.3) is 0 Å². The quantitative estimate of drug-likeness (QED) is 0.709. The summed E-state index contributed by atoms with van der Waals surface area (Å²) < 4.78 is 15.4. The topological polar surface area (TPSA) is 110 Å². The minimum absolute atomic E-state index is 0.130. The van der Waals surface area contributed by atoms with E-state index in [0.717, 1.165) is 0 Å². The molecular formula is C16H16N2O6. The van der Waals surface area contributed by atoms with Crippen LogP contribution in [0.5, 0.6) is 11.5 Å². The summed E-state index contributed by atoms with van der Waals surface area (Å²) in [7, 11) is 0. The molecule has 0 fully saturated rings. The molecule has 1 aromatic heterocycles. The monoisotopic (exact) mass is 332 g/mol. The maximum atomic E-state index is 11.8. The highest BCUT2D eigenvalue weighted by Gasteiger charge is 2.18. The summed E-state index contributed by atoms with van der Waals surface area (Å²) in [4.78, 5) is 23.6. The third kappa shape index (κ3) is 3.66. The van der Waals surface area contributed by atoms with Crippen molar-refractivity contribution < 1.29 is 28.6 Å². The van der Waals surface area contributed by atoms with Gasteiger partial charge < -0.3 is 29.6 Å². The standard InChI is InChI=1S/C16H16N2O6/c19-11(12-2-1-7-22-12)5-6-17-15(20)16(21)18-10-3-4-13-14(8-10)24-9-23-13/h1-4,7-8,11,19H,5-6,9H2,(H,17,20)(H,18,21). The van der Waals surface area contributed by atoms with Crippen molar-refractivity contribution >= 4 is 17.5 Å². The second-order valence-electron chi connectivity index (χ2n) is 5.10. The van der Waals surface area contributed by atoms with Crippen LogP contribution in [-0.4, -0.2) is 30.3 Å². The second-order valence-corrected chi connectivity index (χ2v) is 5.10. The lowest BCUT2D eigenvalue weighted by Crippen LogP contribution is -2.36. The van der Waals surface area contributed by atoms with Crippen LogP contribution in [0.25, 0.3) is 0 Å². The Hall–Kier alpha value is -3.00. The summed E-state index contributed by atoms with van der Waals surface area (Å²) in [6.07, 6.45) is 0.851. The zero-order valence-electron chi connectivity index (χ0n) is 12.7. The minimum Gasteiger partial charge on any atom is -0.467 e. The zero-order chi connectivity index (χ0) is 16.9. The van der Waals surface area contributed by atoms with E-state index in [0.29, 0.717) is 22.9 Å². The maximum Gasteiger partial charge on any atom is 0.313 e. The van der Waals surface area contributed by atoms with Gasteiger partial charge in [-0.3, -0.25) is 9.59 Å². The van der Waals surface area contributed by atoms with Gasteiger partial charge in [-0.05, 0) is 30.7 Å². The van der Waals surface area contributed by atoms with Crippen LogP contribution in [0.4, 0.5) is 5.69 Å². The molecule has 3 rings (SSSR count). The molecule has 2 aromatic rings. The number of fused-ring (bicyclic) bond motifs is 1. The van der Waals surface area contributed by atoms with Crippen molar-refractivity contribution in [2.24, 2.45) is 0 Å². The molecule has 1 aromatic carbocycles. The smallest absolute Gasteiger partial charge is 0.313 e. The molecule has 0 aliphatic carbocycles. The molecule has 1 atom stereocenters. The summed E-state index contributed by atoms with van der Waals surface area (Å²) in [5, 5.41) is 14.7. The first-order chi connectivity index (χ1) is 11.6. The average Bonchev–Trinajstić information content (AvgIpc) is 3.25. The molecule has 3 N–H and O–H groups in total. The van der Waals surface area contributed by atoms with Gasteiger partial charge in [0.15, 0.2) is 11.5 Å². The fourth-order valence-electron chi connectivity index (χ4n) is 2.19. The molecule has 1 unspecified atom stereocenters. The Morgan fingerprint density at radius 3 is 2.79 bits per heavy atom. The average molecular weight is 332 g/mol. The van der Waals surface area contributed by atoms with Crippen LogP contribution in [0.15, 0.2) is 41.0 Å². The van der Waals surface area contributed by atoms with Crippen molar-refractivity contribution in [3.63, 3.8) is 0 Å². The summed E-state index contributed by atoms with van der Waals surface area (Å²) in [5.74, 6) is -0.0890. The first-order valence-corrected chi connectivity index (χ1v) is 7.34. The van der Waals surface area contributed by atoms with E-state index in [2.05, 4.69) is 10.6 Å². The zero-order valence-corrected chi connectivity index (χ0v) is 12.7. The summed E-state index contributed by atoms with van der Waals surface area (Å²) in [6, 6.07) is 8.14. The lowest BCUT2D eigenvalue weighted by molar-refractivity contribution is -0.136. The molecule has 8 heteroatoms. The molecule has 24 heavy (non-hydrogen) atoms. The van der Waals surface area contributed by atoms with Crippen molar-refractivity contribution in [3.05, 3.63) is 42.4 Å². The van der Waals surface area contributed by atoms with Crippen molar-refractivity contribution in [1.29, 1.82) is 0 Å². The fraction of sp³-hybridized carbons (Fsp3) is 0.250. The van der Waals surface area contributed by atoms with Crippen LogP contribution in [0, 0.1) is 0 Å². The van der Waals surface area contributed by atoms with Crippen LogP contribution < -0.4 is 20.1 Å². The molecule has 0 saturated heterocycles. The van der Waals surface area contributed by atoms with Crippen LogP contribution in [0.3, 0.4) is 0 Å². The molecule has 2 amide bonds. The number of aliphatic hydroxyl groups is 1. The van der Waals surface area contributed by atoms with Gasteiger partial charge in [-0.15, -0.1) is 0 Å². The van der Waals surface area contributed by atoms with E-state index in [1.54, 1.807) is 30.3 Å². The number of furan rings is 1. The van der Waals surface area contributed by atoms with E-state index >= 15 is 0 Å². The first kappa shape index (κ1) is 15.9. The molecule has 8 nitrogen and oxygen atoms in total. The SMILES string of the molecule is O=C(NCCC(O)c1ccco1)C(=O)Nc1ccc2c(c1)OCO2. The number of rotatable bonds is 5. The van der Waals surface area contributed by atoms with E-state index in [1.165, 1.54) is 6.26 Å². The van der Waals surface area contributed by atoms with Crippen molar-refractivity contribution in [2.45, 2.75) is 12.5 Å². The Bertz CT molecular complexity index is 728. The molecule has 0 bridgehead atoms. The lowest BCUT2D eigenvalue weighted by Gasteiger charge is -2.09. The van der Waals surface area contributed by atoms with Crippen molar-refractivity contribution in [2.75, 3.05) is 18.7 Å². The number of carbonyl (C=O) groups excluding carboxylic acids is 2. The molecule has 1 aliphatic heterocycles. The number of aliphatic hydroxyl groups excluding tert-OH is 1. The van der Waals surface area contributed by atoms with Gasteiger partial charge in [0.2, 0.25) is 6.79 Å². The minimum atomic E-state index is -0.836. The first-order valence-electron chi connectivity index (χ1n) is 7.34. The van der Waals surface area contributed by atoms with E-state index in [-0.39, 0.29) is 19.8 Å². The number of nitrogens with one attached hydrogen (secondary N) is 2. The molecule has 0 saturated carbocycles. The molecule has 1 aliphatic rings. The molecule has 0 spiro atoms. The van der Waals surface area contributed by atoms with Gasteiger partial charge in [0.1, 0.15) is 11.9 Å². The normalized spacial score (nSPS) is 13.4. The van der Waals surface area contributed by atoms with E-state index in [1.807, 2.05) is 0 Å². The van der Waals surface area contributed by atoms with E-state index < -0.39 is 17.9 Å². The second kappa shape index (κ2) is 7.05. The highest BCUT2D eigenvalue weighted by molar-refractivity contribution is 6.39. The number of anilines is 1. The van der Waals surface area contributed by atoms with Crippen LogP contribution in [0.1, 0.15) is 18.3 Å². The fourth-order valence-corrected chi connectivity index (χ4v) is 2.19. The summed E-state index contributed by atoms with van der Waals surface area (Å²) in [6.45, 7) is 0.264. The predicted octanol–water partition coefficient (Wildman–Crippen LogP) is 1.19. The van der Waals surface area contributed by atoms with Gasteiger partial charge in [-0.2, -0.15) is 0 Å². The predicted molar refractivity (Wildman–Crippen MR) is 82.5 cm³/mol. The Labute approximate surface area is 137 Å². The highest BCUT2D eigenvalue weighted by atomic mass is 16.7. The molecule has 0 radical (unpaired) electrons. The van der Waals surface area contributed by atoms with Crippen LogP contribution in [-0.2, 0) is 9.59 Å². The summed E-state index contributed by atoms with van der Waals surface area (Å²) in [5.41, 5.74) is 0.426. The Balaban J connectivity index is 1.45. The van der Waals surface area contributed by atoms with Crippen molar-refractivity contribution in [3.8, 4) is 11.5 Å². The number of hydrogen-bond donors (Lipinski definition) is 3. The summed E-state index contributed by atoms with van der Waals surface area (Å²) >= 11 is 0. The van der Waals surface area contributed by atoms with Gasteiger partial charge >= 0.3 is 11.8 Å². The van der Waals surface area contributed by atoms with Gasteiger partial charge in [-0.1, -0.05) is 0 Å². The van der Waals surface area contributed by atoms with Gasteiger partial charge in [0.05, 0.1) is 6.26 Å². The number of carbonyl (C=O) groups is 2.